The number of hydrogen-bond acceptors (Lipinski definition) is 3. The summed E-state index contributed by atoms with van der Waals surface area (Å²) >= 11 is 5.94. The van der Waals surface area contributed by atoms with Crippen molar-refractivity contribution < 1.29 is 9.84 Å². The Labute approximate surface area is 100 Å². The standard InChI is InChI=1S/C12H16ClNO2/c13-9-3-4-10-11(14-5-6-15)2-1-7-16-12(10)8-9/h3-4,8,11,14-15H,1-2,5-7H2. The molecular weight excluding hydrogens is 226 g/mol. The number of nitrogens with one attached hydrogen (secondary N) is 1. The van der Waals surface area contributed by atoms with Gasteiger partial charge in [0.2, 0.25) is 0 Å². The van der Waals surface area contributed by atoms with Crippen molar-refractivity contribution in [1.29, 1.82) is 0 Å². The molecule has 1 aromatic rings. The van der Waals surface area contributed by atoms with Crippen molar-refractivity contribution in [1.82, 2.24) is 5.32 Å². The highest BCUT2D eigenvalue weighted by molar-refractivity contribution is 6.30. The number of hydrogen-bond donors (Lipinski definition) is 2. The number of rotatable bonds is 3. The third-order valence-corrected chi connectivity index (χ3v) is 2.98. The van der Waals surface area contributed by atoms with Gasteiger partial charge in [0.15, 0.2) is 0 Å². The lowest BCUT2D eigenvalue weighted by Crippen LogP contribution is -2.24. The van der Waals surface area contributed by atoms with Crippen LogP contribution in [0.1, 0.15) is 24.4 Å². The molecule has 1 unspecified atom stereocenters. The molecule has 0 radical (unpaired) electrons. The van der Waals surface area contributed by atoms with Gasteiger partial charge < -0.3 is 15.2 Å². The molecule has 3 nitrogen and oxygen atoms in total. The number of ether oxygens (including phenoxy) is 1. The zero-order chi connectivity index (χ0) is 11.4. The van der Waals surface area contributed by atoms with Crippen LogP contribution in [0, 0.1) is 0 Å². The van der Waals surface area contributed by atoms with E-state index in [0.29, 0.717) is 11.6 Å². The fourth-order valence-corrected chi connectivity index (χ4v) is 2.16. The number of benzene rings is 1. The van der Waals surface area contributed by atoms with Crippen LogP contribution in [0.2, 0.25) is 5.02 Å². The second kappa shape index (κ2) is 5.53. The molecular formula is C12H16ClNO2. The van der Waals surface area contributed by atoms with Crippen LogP contribution < -0.4 is 10.1 Å². The molecule has 1 aromatic carbocycles. The van der Waals surface area contributed by atoms with E-state index in [4.69, 9.17) is 21.4 Å². The minimum absolute atomic E-state index is 0.153. The van der Waals surface area contributed by atoms with Crippen molar-refractivity contribution >= 4 is 11.6 Å². The van der Waals surface area contributed by atoms with Gasteiger partial charge >= 0.3 is 0 Å². The summed E-state index contributed by atoms with van der Waals surface area (Å²) < 4.78 is 5.65. The van der Waals surface area contributed by atoms with Gasteiger partial charge in [0.25, 0.3) is 0 Å². The predicted molar refractivity (Wildman–Crippen MR) is 64.0 cm³/mol. The van der Waals surface area contributed by atoms with E-state index in [1.807, 2.05) is 18.2 Å². The average molecular weight is 242 g/mol. The lowest BCUT2D eigenvalue weighted by molar-refractivity contribution is 0.281. The van der Waals surface area contributed by atoms with Gasteiger partial charge in [-0.15, -0.1) is 0 Å². The molecule has 0 aromatic heterocycles. The number of aliphatic hydroxyl groups is 1. The van der Waals surface area contributed by atoms with E-state index >= 15 is 0 Å². The Hall–Kier alpha value is -0.770. The molecule has 0 bridgehead atoms. The van der Waals surface area contributed by atoms with Gasteiger partial charge in [-0.05, 0) is 25.0 Å². The van der Waals surface area contributed by atoms with Crippen LogP contribution in [-0.2, 0) is 0 Å². The maximum absolute atomic E-state index is 8.84. The second-order valence-electron chi connectivity index (χ2n) is 3.90. The summed E-state index contributed by atoms with van der Waals surface area (Å²) in [6, 6.07) is 5.98. The van der Waals surface area contributed by atoms with Crippen LogP contribution in [0.15, 0.2) is 18.2 Å². The Kier molecular flexibility index (Phi) is 4.04. The first-order valence-electron chi connectivity index (χ1n) is 5.58. The molecule has 1 atom stereocenters. The second-order valence-corrected chi connectivity index (χ2v) is 4.34. The van der Waals surface area contributed by atoms with Gasteiger partial charge in [0, 0.05) is 23.2 Å². The Morgan fingerprint density at radius 2 is 2.38 bits per heavy atom. The van der Waals surface area contributed by atoms with Gasteiger partial charge in [0.05, 0.1) is 13.2 Å². The molecule has 2 rings (SSSR count). The molecule has 0 fully saturated rings. The highest BCUT2D eigenvalue weighted by Gasteiger charge is 2.19. The highest BCUT2D eigenvalue weighted by Crippen LogP contribution is 2.33. The maximum Gasteiger partial charge on any atom is 0.125 e. The smallest absolute Gasteiger partial charge is 0.125 e. The Morgan fingerprint density at radius 3 is 3.19 bits per heavy atom. The first-order valence-corrected chi connectivity index (χ1v) is 5.95. The molecule has 1 aliphatic rings. The number of halogens is 1. The largest absolute Gasteiger partial charge is 0.493 e. The van der Waals surface area contributed by atoms with Gasteiger partial charge in [-0.2, -0.15) is 0 Å². The Morgan fingerprint density at radius 1 is 1.50 bits per heavy atom. The number of aliphatic hydroxyl groups excluding tert-OH is 1. The van der Waals surface area contributed by atoms with Crippen molar-refractivity contribution in [2.24, 2.45) is 0 Å². The van der Waals surface area contributed by atoms with Crippen LogP contribution in [0.3, 0.4) is 0 Å². The van der Waals surface area contributed by atoms with E-state index in [-0.39, 0.29) is 12.6 Å². The average Bonchev–Trinajstić information content (AvgIpc) is 2.48. The third-order valence-electron chi connectivity index (χ3n) is 2.75. The monoisotopic (exact) mass is 241 g/mol. The van der Waals surface area contributed by atoms with Crippen molar-refractivity contribution in [3.8, 4) is 5.75 Å². The molecule has 1 aliphatic heterocycles. The molecule has 0 aliphatic carbocycles. The fourth-order valence-electron chi connectivity index (χ4n) is 2.00. The highest BCUT2D eigenvalue weighted by atomic mass is 35.5. The molecule has 0 amide bonds. The third kappa shape index (κ3) is 2.67. The maximum atomic E-state index is 8.84. The summed E-state index contributed by atoms with van der Waals surface area (Å²) in [6.45, 7) is 1.48. The summed E-state index contributed by atoms with van der Waals surface area (Å²) in [5.41, 5.74) is 1.13. The zero-order valence-electron chi connectivity index (χ0n) is 9.08. The fraction of sp³-hybridized carbons (Fsp3) is 0.500. The molecule has 0 spiro atoms. The molecule has 4 heteroatoms. The molecule has 16 heavy (non-hydrogen) atoms. The van der Waals surface area contributed by atoms with E-state index in [0.717, 1.165) is 30.8 Å². The topological polar surface area (TPSA) is 41.5 Å². The van der Waals surface area contributed by atoms with E-state index in [1.165, 1.54) is 0 Å². The van der Waals surface area contributed by atoms with Crippen molar-refractivity contribution in [2.75, 3.05) is 19.8 Å². The van der Waals surface area contributed by atoms with Crippen LogP contribution >= 0.6 is 11.6 Å². The van der Waals surface area contributed by atoms with Gasteiger partial charge in [-0.1, -0.05) is 17.7 Å². The van der Waals surface area contributed by atoms with Crippen LogP contribution in [0.5, 0.6) is 5.75 Å². The minimum Gasteiger partial charge on any atom is -0.493 e. The van der Waals surface area contributed by atoms with E-state index < -0.39 is 0 Å². The minimum atomic E-state index is 0.153. The normalized spacial score (nSPS) is 19.8. The molecule has 2 N–H and O–H groups in total. The zero-order valence-corrected chi connectivity index (χ0v) is 9.83. The van der Waals surface area contributed by atoms with Crippen molar-refractivity contribution in [3.63, 3.8) is 0 Å². The SMILES string of the molecule is OCCNC1CCCOc2cc(Cl)ccc21. The predicted octanol–water partition coefficient (Wildman–Crippen LogP) is 2.14. The van der Waals surface area contributed by atoms with Gasteiger partial charge in [-0.25, -0.2) is 0 Å². The van der Waals surface area contributed by atoms with Crippen molar-refractivity contribution in [2.45, 2.75) is 18.9 Å². The summed E-state index contributed by atoms with van der Waals surface area (Å²) in [6.07, 6.45) is 2.03. The van der Waals surface area contributed by atoms with E-state index in [2.05, 4.69) is 5.32 Å². The molecule has 0 saturated carbocycles. The first kappa shape index (κ1) is 11.7. The van der Waals surface area contributed by atoms with Gasteiger partial charge in [0.1, 0.15) is 5.75 Å². The first-order chi connectivity index (χ1) is 7.81. The quantitative estimate of drug-likeness (QED) is 0.852. The van der Waals surface area contributed by atoms with Crippen molar-refractivity contribution in [3.05, 3.63) is 28.8 Å². The molecule has 0 saturated heterocycles. The molecule has 1 heterocycles. The van der Waals surface area contributed by atoms with Crippen LogP contribution in [-0.4, -0.2) is 24.9 Å². The van der Waals surface area contributed by atoms with Crippen LogP contribution in [0.25, 0.3) is 0 Å². The Bertz CT molecular complexity index is 357. The van der Waals surface area contributed by atoms with E-state index in [9.17, 15) is 0 Å². The Balaban J connectivity index is 2.22. The van der Waals surface area contributed by atoms with E-state index in [1.54, 1.807) is 0 Å². The lowest BCUT2D eigenvalue weighted by Gasteiger charge is -2.17. The summed E-state index contributed by atoms with van der Waals surface area (Å²) in [7, 11) is 0. The summed E-state index contributed by atoms with van der Waals surface area (Å²) in [4.78, 5) is 0. The number of fused-ring (bicyclic) bond motifs is 1. The molecule has 88 valence electrons. The lowest BCUT2D eigenvalue weighted by atomic mass is 10.0. The van der Waals surface area contributed by atoms with Gasteiger partial charge in [-0.3, -0.25) is 0 Å². The summed E-state index contributed by atoms with van der Waals surface area (Å²) in [5.74, 6) is 0.862. The van der Waals surface area contributed by atoms with Crippen LogP contribution in [0.4, 0.5) is 0 Å². The summed E-state index contributed by atoms with van der Waals surface area (Å²) in [5, 5.41) is 12.9.